The minimum absolute atomic E-state index is 0.153. The van der Waals surface area contributed by atoms with Gasteiger partial charge in [-0.15, -0.1) is 0 Å². The van der Waals surface area contributed by atoms with E-state index in [4.69, 9.17) is 0 Å². The van der Waals surface area contributed by atoms with Gasteiger partial charge < -0.3 is 9.80 Å². The van der Waals surface area contributed by atoms with E-state index in [1.165, 1.54) is 58.0 Å². The van der Waals surface area contributed by atoms with Crippen molar-refractivity contribution in [1.29, 1.82) is 0 Å². The van der Waals surface area contributed by atoms with Gasteiger partial charge in [0.1, 0.15) is 0 Å². The van der Waals surface area contributed by atoms with Crippen molar-refractivity contribution in [1.82, 2.24) is 9.80 Å². The van der Waals surface area contributed by atoms with Crippen LogP contribution in [0.4, 0.5) is 0 Å². The van der Waals surface area contributed by atoms with Crippen LogP contribution < -0.4 is 0 Å². The van der Waals surface area contributed by atoms with Crippen molar-refractivity contribution in [2.45, 2.75) is 71.8 Å². The molecule has 1 amide bonds. The zero-order valence-electron chi connectivity index (χ0n) is 14.8. The fourth-order valence-corrected chi connectivity index (χ4v) is 4.90. The summed E-state index contributed by atoms with van der Waals surface area (Å²) in [5.41, 5.74) is 0.557. The Labute approximate surface area is 136 Å². The van der Waals surface area contributed by atoms with E-state index >= 15 is 0 Å². The molecule has 3 rings (SSSR count). The van der Waals surface area contributed by atoms with Gasteiger partial charge >= 0.3 is 0 Å². The standard InChI is InChI=1S/C19H34N2O/c1-15(2)18(22)21-12-8-19(9-13-21)7-4-17(14-19)20-10-5-16(3)6-11-20/h15-17H,4-14H2,1-3H3. The molecular weight excluding hydrogens is 272 g/mol. The summed E-state index contributed by atoms with van der Waals surface area (Å²) in [6.45, 7) is 11.1. The Kier molecular flexibility index (Phi) is 4.82. The van der Waals surface area contributed by atoms with Crippen LogP contribution in [-0.2, 0) is 4.79 Å². The van der Waals surface area contributed by atoms with E-state index in [2.05, 4.69) is 16.7 Å². The van der Waals surface area contributed by atoms with Crippen LogP contribution in [0, 0.1) is 17.3 Å². The lowest BCUT2D eigenvalue weighted by molar-refractivity contribution is -0.136. The molecule has 2 aliphatic heterocycles. The van der Waals surface area contributed by atoms with E-state index in [0.29, 0.717) is 11.3 Å². The molecule has 0 aromatic heterocycles. The summed E-state index contributed by atoms with van der Waals surface area (Å²) in [5, 5.41) is 0. The lowest BCUT2D eigenvalue weighted by atomic mass is 9.76. The second kappa shape index (κ2) is 6.51. The maximum Gasteiger partial charge on any atom is 0.225 e. The highest BCUT2D eigenvalue weighted by molar-refractivity contribution is 5.78. The van der Waals surface area contributed by atoms with Crippen molar-refractivity contribution < 1.29 is 4.79 Å². The molecule has 0 radical (unpaired) electrons. The van der Waals surface area contributed by atoms with Gasteiger partial charge in [0.15, 0.2) is 0 Å². The van der Waals surface area contributed by atoms with Crippen molar-refractivity contribution in [3.05, 3.63) is 0 Å². The molecule has 1 aliphatic carbocycles. The van der Waals surface area contributed by atoms with E-state index in [9.17, 15) is 4.79 Å². The van der Waals surface area contributed by atoms with Gasteiger partial charge in [-0.2, -0.15) is 0 Å². The third kappa shape index (κ3) is 3.34. The zero-order valence-corrected chi connectivity index (χ0v) is 14.8. The van der Waals surface area contributed by atoms with Crippen molar-refractivity contribution in [3.63, 3.8) is 0 Å². The predicted molar refractivity (Wildman–Crippen MR) is 90.7 cm³/mol. The summed E-state index contributed by atoms with van der Waals surface area (Å²) in [6.07, 6.45) is 9.45. The van der Waals surface area contributed by atoms with Gasteiger partial charge in [0.05, 0.1) is 0 Å². The molecule has 1 saturated carbocycles. The van der Waals surface area contributed by atoms with E-state index in [1.54, 1.807) is 0 Å². The fourth-order valence-electron chi connectivity index (χ4n) is 4.90. The summed E-state index contributed by atoms with van der Waals surface area (Å²) in [5.74, 6) is 1.44. The topological polar surface area (TPSA) is 23.6 Å². The van der Waals surface area contributed by atoms with Crippen LogP contribution in [0.2, 0.25) is 0 Å². The van der Waals surface area contributed by atoms with Gasteiger partial charge in [0, 0.05) is 25.0 Å². The number of rotatable bonds is 2. The van der Waals surface area contributed by atoms with Crippen LogP contribution >= 0.6 is 0 Å². The quantitative estimate of drug-likeness (QED) is 0.779. The second-order valence-electron chi connectivity index (χ2n) is 8.60. The number of piperidine rings is 2. The Balaban J connectivity index is 1.51. The molecule has 3 nitrogen and oxygen atoms in total. The molecule has 3 heteroatoms. The smallest absolute Gasteiger partial charge is 0.225 e. The van der Waals surface area contributed by atoms with Crippen molar-refractivity contribution in [2.24, 2.45) is 17.3 Å². The highest BCUT2D eigenvalue weighted by atomic mass is 16.2. The molecule has 0 aromatic carbocycles. The zero-order chi connectivity index (χ0) is 15.7. The van der Waals surface area contributed by atoms with Gasteiger partial charge in [-0.1, -0.05) is 20.8 Å². The van der Waals surface area contributed by atoms with Crippen LogP contribution in [0.25, 0.3) is 0 Å². The first kappa shape index (κ1) is 16.3. The van der Waals surface area contributed by atoms with Crippen LogP contribution in [0.3, 0.4) is 0 Å². The van der Waals surface area contributed by atoms with E-state index < -0.39 is 0 Å². The van der Waals surface area contributed by atoms with Crippen LogP contribution in [0.1, 0.15) is 65.7 Å². The Morgan fingerprint density at radius 3 is 2.23 bits per heavy atom. The number of amides is 1. The molecule has 1 atom stereocenters. The predicted octanol–water partition coefficient (Wildman–Crippen LogP) is 3.54. The Morgan fingerprint density at radius 2 is 1.64 bits per heavy atom. The van der Waals surface area contributed by atoms with Gasteiger partial charge in [-0.05, 0) is 69.4 Å². The summed E-state index contributed by atoms with van der Waals surface area (Å²) in [6, 6.07) is 0.833. The maximum atomic E-state index is 12.2. The number of hydrogen-bond donors (Lipinski definition) is 0. The lowest BCUT2D eigenvalue weighted by Crippen LogP contribution is -2.45. The third-order valence-electron chi connectivity index (χ3n) is 6.64. The molecule has 0 N–H and O–H groups in total. The summed E-state index contributed by atoms with van der Waals surface area (Å²) < 4.78 is 0. The molecule has 3 fully saturated rings. The minimum Gasteiger partial charge on any atom is -0.342 e. The first-order valence-corrected chi connectivity index (χ1v) is 9.52. The van der Waals surface area contributed by atoms with Gasteiger partial charge in [-0.3, -0.25) is 4.79 Å². The highest BCUT2D eigenvalue weighted by Crippen LogP contribution is 2.48. The summed E-state index contributed by atoms with van der Waals surface area (Å²) >= 11 is 0. The third-order valence-corrected chi connectivity index (χ3v) is 6.64. The highest BCUT2D eigenvalue weighted by Gasteiger charge is 2.43. The Hall–Kier alpha value is -0.570. The molecule has 1 unspecified atom stereocenters. The van der Waals surface area contributed by atoms with Gasteiger partial charge in [0.25, 0.3) is 0 Å². The average Bonchev–Trinajstić information content (AvgIpc) is 2.92. The first-order valence-electron chi connectivity index (χ1n) is 9.52. The fraction of sp³-hybridized carbons (Fsp3) is 0.947. The monoisotopic (exact) mass is 306 g/mol. The molecule has 2 saturated heterocycles. The molecular formula is C19H34N2O. The number of carbonyl (C=O) groups is 1. The number of nitrogens with zero attached hydrogens (tertiary/aromatic N) is 2. The number of hydrogen-bond acceptors (Lipinski definition) is 2. The second-order valence-corrected chi connectivity index (χ2v) is 8.60. The van der Waals surface area contributed by atoms with E-state index in [-0.39, 0.29) is 5.92 Å². The SMILES string of the molecule is CC1CCN(C2CCC3(CCN(C(=O)C(C)C)CC3)C2)CC1. The molecule has 0 bridgehead atoms. The van der Waals surface area contributed by atoms with Crippen molar-refractivity contribution in [3.8, 4) is 0 Å². The molecule has 2 heterocycles. The summed E-state index contributed by atoms with van der Waals surface area (Å²) in [4.78, 5) is 17.1. The Morgan fingerprint density at radius 1 is 1.00 bits per heavy atom. The van der Waals surface area contributed by atoms with Crippen LogP contribution in [0.5, 0.6) is 0 Å². The maximum absolute atomic E-state index is 12.2. The average molecular weight is 306 g/mol. The summed E-state index contributed by atoms with van der Waals surface area (Å²) in [7, 11) is 0. The van der Waals surface area contributed by atoms with E-state index in [0.717, 1.165) is 25.0 Å². The molecule has 22 heavy (non-hydrogen) atoms. The van der Waals surface area contributed by atoms with Gasteiger partial charge in [-0.25, -0.2) is 0 Å². The molecule has 0 aromatic rings. The minimum atomic E-state index is 0.153. The van der Waals surface area contributed by atoms with Crippen molar-refractivity contribution in [2.75, 3.05) is 26.2 Å². The molecule has 3 aliphatic rings. The van der Waals surface area contributed by atoms with Crippen molar-refractivity contribution >= 4 is 5.91 Å². The normalized spacial score (nSPS) is 30.4. The van der Waals surface area contributed by atoms with Crippen LogP contribution in [0.15, 0.2) is 0 Å². The lowest BCUT2D eigenvalue weighted by Gasteiger charge is -2.41. The number of likely N-dealkylation sites (tertiary alicyclic amines) is 2. The first-order chi connectivity index (χ1) is 10.5. The van der Waals surface area contributed by atoms with Crippen LogP contribution in [-0.4, -0.2) is 47.9 Å². The number of carbonyl (C=O) groups excluding carboxylic acids is 1. The van der Waals surface area contributed by atoms with Gasteiger partial charge in [0.2, 0.25) is 5.91 Å². The molecule has 126 valence electrons. The largest absolute Gasteiger partial charge is 0.342 e. The molecule has 1 spiro atoms. The van der Waals surface area contributed by atoms with E-state index in [1.807, 2.05) is 13.8 Å². The Bertz CT molecular complexity index is 390.